The third-order valence-electron chi connectivity index (χ3n) is 3.95. The van der Waals surface area contributed by atoms with E-state index in [1.165, 1.54) is 0 Å². The van der Waals surface area contributed by atoms with E-state index in [1.807, 2.05) is 61.5 Å². The van der Waals surface area contributed by atoms with Gasteiger partial charge in [0.15, 0.2) is 6.61 Å². The SMILES string of the molecule is Cc1ccc(OCC(=O)NC2CC(=O)N(c3ccccc3)C2)cc1. The second-order valence-corrected chi connectivity index (χ2v) is 5.91. The van der Waals surface area contributed by atoms with Crippen LogP contribution in [0.25, 0.3) is 0 Å². The number of nitrogens with one attached hydrogen (secondary N) is 1. The molecule has 1 atom stereocenters. The van der Waals surface area contributed by atoms with Gasteiger partial charge in [-0.15, -0.1) is 0 Å². The van der Waals surface area contributed by atoms with Crippen LogP contribution in [0, 0.1) is 6.92 Å². The van der Waals surface area contributed by atoms with Crippen LogP contribution in [-0.4, -0.2) is 31.0 Å². The maximum Gasteiger partial charge on any atom is 0.258 e. The fourth-order valence-electron chi connectivity index (χ4n) is 2.71. The van der Waals surface area contributed by atoms with Gasteiger partial charge in [-0.3, -0.25) is 9.59 Å². The molecule has 2 amide bonds. The molecule has 24 heavy (non-hydrogen) atoms. The number of benzene rings is 2. The molecule has 0 bridgehead atoms. The van der Waals surface area contributed by atoms with Gasteiger partial charge in [-0.2, -0.15) is 0 Å². The van der Waals surface area contributed by atoms with Crippen molar-refractivity contribution >= 4 is 17.5 Å². The number of nitrogens with zero attached hydrogens (tertiary/aromatic N) is 1. The molecule has 0 aliphatic carbocycles. The van der Waals surface area contributed by atoms with Gasteiger partial charge in [0.25, 0.3) is 5.91 Å². The van der Waals surface area contributed by atoms with Gasteiger partial charge in [0.2, 0.25) is 5.91 Å². The minimum atomic E-state index is -0.219. The summed E-state index contributed by atoms with van der Waals surface area (Å²) >= 11 is 0. The molecule has 2 aromatic rings. The molecule has 1 aliphatic heterocycles. The van der Waals surface area contributed by atoms with Crippen LogP contribution >= 0.6 is 0 Å². The van der Waals surface area contributed by atoms with Gasteiger partial charge in [-0.05, 0) is 31.2 Å². The van der Waals surface area contributed by atoms with Crippen LogP contribution in [0.3, 0.4) is 0 Å². The standard InChI is InChI=1S/C19H20N2O3/c1-14-7-9-17(10-8-14)24-13-18(22)20-15-11-19(23)21(12-15)16-5-3-2-4-6-16/h2-10,15H,11-13H2,1H3,(H,20,22). The molecule has 0 saturated carbocycles. The normalized spacial score (nSPS) is 17.0. The number of carbonyl (C=O) groups is 2. The summed E-state index contributed by atoms with van der Waals surface area (Å²) < 4.78 is 5.46. The van der Waals surface area contributed by atoms with Crippen molar-refractivity contribution in [2.24, 2.45) is 0 Å². The van der Waals surface area contributed by atoms with Crippen molar-refractivity contribution in [3.05, 3.63) is 60.2 Å². The molecular weight excluding hydrogens is 304 g/mol. The Morgan fingerprint density at radius 2 is 1.88 bits per heavy atom. The van der Waals surface area contributed by atoms with Gasteiger partial charge in [-0.25, -0.2) is 0 Å². The van der Waals surface area contributed by atoms with Gasteiger partial charge in [0, 0.05) is 18.7 Å². The molecule has 0 spiro atoms. The molecule has 5 heteroatoms. The highest BCUT2D eigenvalue weighted by Crippen LogP contribution is 2.21. The predicted octanol–water partition coefficient (Wildman–Crippen LogP) is 2.30. The van der Waals surface area contributed by atoms with Crippen molar-refractivity contribution in [3.63, 3.8) is 0 Å². The second kappa shape index (κ2) is 7.17. The number of anilines is 1. The van der Waals surface area contributed by atoms with E-state index >= 15 is 0 Å². The number of amides is 2. The largest absolute Gasteiger partial charge is 0.484 e. The van der Waals surface area contributed by atoms with Crippen LogP contribution in [0.15, 0.2) is 54.6 Å². The lowest BCUT2D eigenvalue weighted by Gasteiger charge is -2.17. The first-order valence-electron chi connectivity index (χ1n) is 7.96. The van der Waals surface area contributed by atoms with Gasteiger partial charge >= 0.3 is 0 Å². The van der Waals surface area contributed by atoms with E-state index in [4.69, 9.17) is 4.74 Å². The van der Waals surface area contributed by atoms with E-state index in [1.54, 1.807) is 4.90 Å². The number of rotatable bonds is 5. The zero-order valence-electron chi connectivity index (χ0n) is 13.6. The highest BCUT2D eigenvalue weighted by atomic mass is 16.5. The average Bonchev–Trinajstić information content (AvgIpc) is 2.95. The lowest BCUT2D eigenvalue weighted by molar-refractivity contribution is -0.123. The molecule has 1 N–H and O–H groups in total. The molecule has 1 unspecified atom stereocenters. The second-order valence-electron chi connectivity index (χ2n) is 5.91. The van der Waals surface area contributed by atoms with E-state index < -0.39 is 0 Å². The lowest BCUT2D eigenvalue weighted by atomic mass is 10.2. The van der Waals surface area contributed by atoms with Crippen molar-refractivity contribution in [2.45, 2.75) is 19.4 Å². The summed E-state index contributed by atoms with van der Waals surface area (Å²) in [4.78, 5) is 25.8. The summed E-state index contributed by atoms with van der Waals surface area (Å²) in [6.45, 7) is 2.42. The molecule has 1 saturated heterocycles. The van der Waals surface area contributed by atoms with Crippen molar-refractivity contribution in [1.29, 1.82) is 0 Å². The number of carbonyl (C=O) groups excluding carboxylic acids is 2. The maximum atomic E-state index is 12.1. The zero-order chi connectivity index (χ0) is 16.9. The van der Waals surface area contributed by atoms with Crippen LogP contribution in [-0.2, 0) is 9.59 Å². The molecule has 1 heterocycles. The van der Waals surface area contributed by atoms with E-state index in [0.29, 0.717) is 18.7 Å². The van der Waals surface area contributed by atoms with Crippen LogP contribution in [0.2, 0.25) is 0 Å². The van der Waals surface area contributed by atoms with Crippen molar-refractivity contribution in [2.75, 3.05) is 18.1 Å². The van der Waals surface area contributed by atoms with Crippen LogP contribution < -0.4 is 15.0 Å². The third kappa shape index (κ3) is 3.93. The molecule has 3 rings (SSSR count). The van der Waals surface area contributed by atoms with E-state index in [-0.39, 0.29) is 24.5 Å². The van der Waals surface area contributed by atoms with E-state index in [9.17, 15) is 9.59 Å². The molecule has 0 radical (unpaired) electrons. The van der Waals surface area contributed by atoms with Gasteiger partial charge in [0.05, 0.1) is 6.04 Å². The average molecular weight is 324 g/mol. The first-order valence-corrected chi connectivity index (χ1v) is 7.96. The summed E-state index contributed by atoms with van der Waals surface area (Å²) in [5.74, 6) is 0.457. The Morgan fingerprint density at radius 1 is 1.17 bits per heavy atom. The molecule has 1 fully saturated rings. The minimum Gasteiger partial charge on any atom is -0.484 e. The van der Waals surface area contributed by atoms with Crippen molar-refractivity contribution < 1.29 is 14.3 Å². The summed E-state index contributed by atoms with van der Waals surface area (Å²) in [6, 6.07) is 16.8. The number of ether oxygens (including phenoxy) is 1. The Morgan fingerprint density at radius 3 is 2.58 bits per heavy atom. The first kappa shape index (κ1) is 16.1. The van der Waals surface area contributed by atoms with Gasteiger partial charge in [0.1, 0.15) is 5.75 Å². The number of aryl methyl sites for hydroxylation is 1. The van der Waals surface area contributed by atoms with Gasteiger partial charge in [-0.1, -0.05) is 35.9 Å². The van der Waals surface area contributed by atoms with Crippen LogP contribution in [0.5, 0.6) is 5.75 Å². The minimum absolute atomic E-state index is 0.0194. The molecule has 5 nitrogen and oxygen atoms in total. The quantitative estimate of drug-likeness (QED) is 0.918. The summed E-state index contributed by atoms with van der Waals surface area (Å²) in [5, 5.41) is 2.86. The summed E-state index contributed by atoms with van der Waals surface area (Å²) in [7, 11) is 0. The van der Waals surface area contributed by atoms with Crippen LogP contribution in [0.4, 0.5) is 5.69 Å². The number of hydrogen-bond donors (Lipinski definition) is 1. The smallest absolute Gasteiger partial charge is 0.258 e. The Bertz CT molecular complexity index is 713. The topological polar surface area (TPSA) is 58.6 Å². The number of para-hydroxylation sites is 1. The molecule has 1 aliphatic rings. The predicted molar refractivity (Wildman–Crippen MR) is 92.0 cm³/mol. The highest BCUT2D eigenvalue weighted by Gasteiger charge is 2.31. The Labute approximate surface area is 141 Å². The van der Waals surface area contributed by atoms with Crippen LogP contribution in [0.1, 0.15) is 12.0 Å². The molecule has 124 valence electrons. The van der Waals surface area contributed by atoms with Crippen molar-refractivity contribution in [1.82, 2.24) is 5.32 Å². The Kier molecular flexibility index (Phi) is 4.79. The first-order chi connectivity index (χ1) is 11.6. The number of hydrogen-bond acceptors (Lipinski definition) is 3. The fourth-order valence-corrected chi connectivity index (χ4v) is 2.71. The van der Waals surface area contributed by atoms with E-state index in [0.717, 1.165) is 11.3 Å². The fraction of sp³-hybridized carbons (Fsp3) is 0.263. The van der Waals surface area contributed by atoms with E-state index in [2.05, 4.69) is 5.32 Å². The molecule has 2 aromatic carbocycles. The lowest BCUT2D eigenvalue weighted by Crippen LogP contribution is -2.39. The maximum absolute atomic E-state index is 12.1. The molecule has 0 aromatic heterocycles. The Balaban J connectivity index is 1.50. The van der Waals surface area contributed by atoms with Crippen molar-refractivity contribution in [3.8, 4) is 5.75 Å². The molecular formula is C19H20N2O3. The van der Waals surface area contributed by atoms with Gasteiger partial charge < -0.3 is 15.0 Å². The monoisotopic (exact) mass is 324 g/mol. The Hall–Kier alpha value is -2.82. The third-order valence-corrected chi connectivity index (χ3v) is 3.95. The highest BCUT2D eigenvalue weighted by molar-refractivity contribution is 5.96. The zero-order valence-corrected chi connectivity index (χ0v) is 13.6. The summed E-state index contributed by atoms with van der Waals surface area (Å²) in [6.07, 6.45) is 0.311. The summed E-state index contributed by atoms with van der Waals surface area (Å²) in [5.41, 5.74) is 1.99.